The predicted octanol–water partition coefficient (Wildman–Crippen LogP) is 2.58. The second kappa shape index (κ2) is 4.58. The molecular weight excluding hydrogens is 264 g/mol. The van der Waals surface area contributed by atoms with Crippen LogP contribution in [0.3, 0.4) is 0 Å². The molecule has 0 aromatic heterocycles. The van der Waals surface area contributed by atoms with Gasteiger partial charge < -0.3 is 5.32 Å². The number of rotatable bonds is 1. The molecule has 4 rings (SSSR count). The number of anilines is 2. The Labute approximate surface area is 124 Å². The van der Waals surface area contributed by atoms with Crippen LogP contribution >= 0.6 is 0 Å². The monoisotopic (exact) mass is 284 g/mol. The van der Waals surface area contributed by atoms with Gasteiger partial charge in [0.25, 0.3) is 0 Å². The minimum Gasteiger partial charge on any atom is -0.385 e. The summed E-state index contributed by atoms with van der Waals surface area (Å²) in [5.41, 5.74) is 3.11. The van der Waals surface area contributed by atoms with Gasteiger partial charge in [-0.05, 0) is 55.4 Å². The molecule has 21 heavy (non-hydrogen) atoms. The normalized spacial score (nSPS) is 31.1. The Morgan fingerprint density at radius 2 is 1.86 bits per heavy atom. The number of hydrogen-bond donors (Lipinski definition) is 1. The van der Waals surface area contributed by atoms with Gasteiger partial charge in [0.2, 0.25) is 11.8 Å². The molecule has 110 valence electrons. The summed E-state index contributed by atoms with van der Waals surface area (Å²) < 4.78 is 0. The number of carbonyl (C=O) groups excluding carboxylic acids is 2. The van der Waals surface area contributed by atoms with Gasteiger partial charge in [-0.3, -0.25) is 14.5 Å². The summed E-state index contributed by atoms with van der Waals surface area (Å²) in [5.74, 6) is 0.349. The zero-order valence-corrected chi connectivity index (χ0v) is 12.3. The van der Waals surface area contributed by atoms with Crippen molar-refractivity contribution in [2.24, 2.45) is 17.8 Å². The van der Waals surface area contributed by atoms with E-state index in [0.29, 0.717) is 5.92 Å². The van der Waals surface area contributed by atoms with Crippen molar-refractivity contribution in [2.75, 3.05) is 16.8 Å². The van der Waals surface area contributed by atoms with Crippen molar-refractivity contribution in [3.8, 4) is 0 Å². The second-order valence-electron chi connectivity index (χ2n) is 6.67. The van der Waals surface area contributed by atoms with Crippen molar-refractivity contribution >= 4 is 23.2 Å². The number of carbonyl (C=O) groups is 2. The quantitative estimate of drug-likeness (QED) is 0.806. The third-order valence-electron chi connectivity index (χ3n) is 5.16. The van der Waals surface area contributed by atoms with Crippen LogP contribution in [0.2, 0.25) is 0 Å². The average Bonchev–Trinajstić information content (AvgIpc) is 2.97. The van der Waals surface area contributed by atoms with E-state index in [1.165, 1.54) is 10.5 Å². The molecule has 1 saturated heterocycles. The third kappa shape index (κ3) is 1.88. The zero-order chi connectivity index (χ0) is 14.6. The van der Waals surface area contributed by atoms with E-state index in [9.17, 15) is 9.59 Å². The molecule has 1 aliphatic carbocycles. The molecule has 1 saturated carbocycles. The van der Waals surface area contributed by atoms with Gasteiger partial charge in [-0.1, -0.05) is 6.92 Å². The number of fused-ring (bicyclic) bond motifs is 2. The molecule has 2 aliphatic heterocycles. The van der Waals surface area contributed by atoms with Crippen LogP contribution in [0.25, 0.3) is 0 Å². The van der Waals surface area contributed by atoms with Crippen LogP contribution in [0.4, 0.5) is 11.4 Å². The first kappa shape index (κ1) is 12.9. The summed E-state index contributed by atoms with van der Waals surface area (Å²) in [7, 11) is 0. The van der Waals surface area contributed by atoms with E-state index in [1.807, 2.05) is 18.2 Å². The summed E-state index contributed by atoms with van der Waals surface area (Å²) in [6.07, 6.45) is 3.83. The van der Waals surface area contributed by atoms with Gasteiger partial charge in [0.05, 0.1) is 17.5 Å². The predicted molar refractivity (Wildman–Crippen MR) is 81.1 cm³/mol. The highest BCUT2D eigenvalue weighted by Crippen LogP contribution is 2.44. The topological polar surface area (TPSA) is 49.4 Å². The van der Waals surface area contributed by atoms with E-state index in [0.717, 1.165) is 43.6 Å². The van der Waals surface area contributed by atoms with Crippen molar-refractivity contribution in [1.82, 2.24) is 0 Å². The Bertz CT molecular complexity index is 601. The van der Waals surface area contributed by atoms with Gasteiger partial charge in [-0.25, -0.2) is 0 Å². The van der Waals surface area contributed by atoms with Gasteiger partial charge in [0.15, 0.2) is 0 Å². The number of nitrogens with zero attached hydrogens (tertiary/aromatic N) is 1. The summed E-state index contributed by atoms with van der Waals surface area (Å²) in [5, 5.41) is 3.36. The molecule has 4 heteroatoms. The minimum atomic E-state index is -0.0818. The highest BCUT2D eigenvalue weighted by atomic mass is 16.2. The maximum atomic E-state index is 12.6. The Balaban J connectivity index is 1.68. The first-order valence-electron chi connectivity index (χ1n) is 7.90. The Kier molecular flexibility index (Phi) is 2.81. The van der Waals surface area contributed by atoms with Gasteiger partial charge in [-0.2, -0.15) is 0 Å². The summed E-state index contributed by atoms with van der Waals surface area (Å²) in [6, 6.07) is 5.92. The van der Waals surface area contributed by atoms with E-state index in [2.05, 4.69) is 12.2 Å². The molecular formula is C17H20N2O2. The highest BCUT2D eigenvalue weighted by molar-refractivity contribution is 6.22. The zero-order valence-electron chi connectivity index (χ0n) is 12.3. The molecule has 1 N–H and O–H groups in total. The van der Waals surface area contributed by atoms with Crippen molar-refractivity contribution < 1.29 is 9.59 Å². The number of imide groups is 1. The number of hydrogen-bond acceptors (Lipinski definition) is 3. The van der Waals surface area contributed by atoms with Crippen LogP contribution in [0, 0.1) is 17.8 Å². The second-order valence-corrected chi connectivity index (χ2v) is 6.67. The summed E-state index contributed by atoms with van der Waals surface area (Å²) >= 11 is 0. The molecule has 2 fully saturated rings. The maximum Gasteiger partial charge on any atom is 0.237 e. The lowest BCUT2D eigenvalue weighted by atomic mass is 10.00. The molecule has 0 bridgehead atoms. The third-order valence-corrected chi connectivity index (χ3v) is 5.16. The van der Waals surface area contributed by atoms with E-state index in [4.69, 9.17) is 0 Å². The van der Waals surface area contributed by atoms with Gasteiger partial charge in [-0.15, -0.1) is 0 Å². The smallest absolute Gasteiger partial charge is 0.237 e. The summed E-state index contributed by atoms with van der Waals surface area (Å²) in [6.45, 7) is 3.13. The van der Waals surface area contributed by atoms with E-state index >= 15 is 0 Å². The van der Waals surface area contributed by atoms with Crippen LogP contribution in [-0.2, 0) is 16.0 Å². The number of benzene rings is 1. The van der Waals surface area contributed by atoms with Crippen molar-refractivity contribution in [2.45, 2.75) is 32.6 Å². The lowest BCUT2D eigenvalue weighted by molar-refractivity contribution is -0.123. The van der Waals surface area contributed by atoms with Gasteiger partial charge >= 0.3 is 0 Å². The lowest BCUT2D eigenvalue weighted by Crippen LogP contribution is -2.32. The van der Waals surface area contributed by atoms with Gasteiger partial charge in [0, 0.05) is 12.2 Å². The number of aryl methyl sites for hydroxylation is 1. The van der Waals surface area contributed by atoms with E-state index in [1.54, 1.807) is 0 Å². The fourth-order valence-electron chi connectivity index (χ4n) is 4.13. The largest absolute Gasteiger partial charge is 0.385 e. The van der Waals surface area contributed by atoms with Crippen LogP contribution in [0.5, 0.6) is 0 Å². The molecule has 1 aromatic rings. The average molecular weight is 284 g/mol. The number of amides is 2. The van der Waals surface area contributed by atoms with Crippen LogP contribution in [0.1, 0.15) is 31.7 Å². The molecule has 2 amide bonds. The molecule has 0 spiro atoms. The molecule has 4 nitrogen and oxygen atoms in total. The van der Waals surface area contributed by atoms with E-state index in [-0.39, 0.29) is 23.7 Å². The fourth-order valence-corrected chi connectivity index (χ4v) is 4.13. The molecule has 3 aliphatic rings. The SMILES string of the molecule is CC1CC2C(=O)N(c3ccc4c(c3)CCCN4)C(=O)C2C1. The minimum absolute atomic E-state index is 0.0121. The Hall–Kier alpha value is -1.84. The maximum absolute atomic E-state index is 12.6. The lowest BCUT2D eigenvalue weighted by Gasteiger charge is -2.22. The highest BCUT2D eigenvalue weighted by Gasteiger charge is 2.52. The van der Waals surface area contributed by atoms with Crippen LogP contribution in [-0.4, -0.2) is 18.4 Å². The molecule has 1 aromatic carbocycles. The Morgan fingerprint density at radius 1 is 1.14 bits per heavy atom. The van der Waals surface area contributed by atoms with Crippen LogP contribution < -0.4 is 10.2 Å². The Morgan fingerprint density at radius 3 is 2.57 bits per heavy atom. The van der Waals surface area contributed by atoms with Gasteiger partial charge in [0.1, 0.15) is 0 Å². The van der Waals surface area contributed by atoms with E-state index < -0.39 is 0 Å². The van der Waals surface area contributed by atoms with Crippen molar-refractivity contribution in [3.63, 3.8) is 0 Å². The molecule has 2 unspecified atom stereocenters. The first-order chi connectivity index (χ1) is 10.1. The first-order valence-corrected chi connectivity index (χ1v) is 7.90. The van der Waals surface area contributed by atoms with Crippen molar-refractivity contribution in [3.05, 3.63) is 23.8 Å². The standard InChI is InChI=1S/C17H20N2O2/c1-10-7-13-14(8-10)17(21)19(16(13)20)12-4-5-15-11(9-12)3-2-6-18-15/h4-5,9-10,13-14,18H,2-3,6-8H2,1H3. The molecule has 2 atom stereocenters. The fraction of sp³-hybridized carbons (Fsp3) is 0.529. The molecule has 0 radical (unpaired) electrons. The van der Waals surface area contributed by atoms with Crippen LogP contribution in [0.15, 0.2) is 18.2 Å². The molecule has 2 heterocycles. The number of nitrogens with one attached hydrogen (secondary N) is 1. The summed E-state index contributed by atoms with van der Waals surface area (Å²) in [4.78, 5) is 26.6. The van der Waals surface area contributed by atoms with Crippen molar-refractivity contribution in [1.29, 1.82) is 0 Å².